The largest absolute Gasteiger partial charge is 0.368 e. The Balaban J connectivity index is 2.32. The smallest absolute Gasteiger partial charge is 0.228 e. The summed E-state index contributed by atoms with van der Waals surface area (Å²) in [6.07, 6.45) is 4.01. The van der Waals surface area contributed by atoms with Gasteiger partial charge in [0.1, 0.15) is 4.87 Å². The highest BCUT2D eigenvalue weighted by atomic mass is 35.5. The summed E-state index contributed by atoms with van der Waals surface area (Å²) in [5.74, 6) is 1.32. The number of hydrogen-bond acceptors (Lipinski definition) is 5. The third-order valence-electron chi connectivity index (χ3n) is 2.94. The van der Waals surface area contributed by atoms with Crippen LogP contribution in [0.5, 0.6) is 0 Å². The van der Waals surface area contributed by atoms with Crippen LogP contribution in [0.3, 0.4) is 0 Å². The van der Waals surface area contributed by atoms with Crippen LogP contribution >= 0.6 is 11.6 Å². The zero-order chi connectivity index (χ0) is 13.4. The van der Waals surface area contributed by atoms with Gasteiger partial charge >= 0.3 is 0 Å². The first-order valence-electron chi connectivity index (χ1n) is 6.28. The highest BCUT2D eigenvalue weighted by molar-refractivity contribution is 6.23. The molecule has 1 aliphatic rings. The number of rotatable bonds is 2. The van der Waals surface area contributed by atoms with Crippen LogP contribution < -0.4 is 11.1 Å². The van der Waals surface area contributed by atoms with E-state index < -0.39 is 4.87 Å². The number of nitrogens with two attached hydrogens (primary N) is 1. The molecule has 0 saturated heterocycles. The molecule has 1 aliphatic carbocycles. The van der Waals surface area contributed by atoms with E-state index in [-0.39, 0.29) is 11.5 Å². The monoisotopic (exact) mass is 269 g/mol. The molecule has 1 saturated carbocycles. The van der Waals surface area contributed by atoms with Gasteiger partial charge in [-0.15, -0.1) is 11.6 Å². The second-order valence-electron chi connectivity index (χ2n) is 5.89. The van der Waals surface area contributed by atoms with Crippen molar-refractivity contribution in [2.24, 2.45) is 0 Å². The van der Waals surface area contributed by atoms with Gasteiger partial charge in [0.25, 0.3) is 0 Å². The first-order valence-corrected chi connectivity index (χ1v) is 6.65. The van der Waals surface area contributed by atoms with Gasteiger partial charge in [0.2, 0.25) is 11.9 Å². The van der Waals surface area contributed by atoms with E-state index in [9.17, 15) is 0 Å². The molecular formula is C12H20ClN5. The molecule has 0 unspecified atom stereocenters. The van der Waals surface area contributed by atoms with Crippen molar-refractivity contribution in [1.82, 2.24) is 15.0 Å². The zero-order valence-corrected chi connectivity index (χ0v) is 11.9. The topological polar surface area (TPSA) is 76.7 Å². The third kappa shape index (κ3) is 3.02. The van der Waals surface area contributed by atoms with Gasteiger partial charge < -0.3 is 11.1 Å². The molecule has 6 heteroatoms. The van der Waals surface area contributed by atoms with E-state index in [1.807, 2.05) is 20.8 Å². The first kappa shape index (κ1) is 13.3. The van der Waals surface area contributed by atoms with E-state index in [0.717, 1.165) is 25.7 Å². The number of alkyl halides is 1. The van der Waals surface area contributed by atoms with E-state index in [0.29, 0.717) is 11.8 Å². The fourth-order valence-electron chi connectivity index (χ4n) is 2.14. The Morgan fingerprint density at radius 2 is 1.78 bits per heavy atom. The van der Waals surface area contributed by atoms with Crippen LogP contribution in [0.1, 0.15) is 52.3 Å². The van der Waals surface area contributed by atoms with Crippen LogP contribution in [0.2, 0.25) is 0 Å². The minimum absolute atomic E-state index is 0.125. The maximum absolute atomic E-state index is 6.58. The summed E-state index contributed by atoms with van der Waals surface area (Å²) in [5.41, 5.74) is 5.62. The van der Waals surface area contributed by atoms with E-state index in [4.69, 9.17) is 17.3 Å². The zero-order valence-electron chi connectivity index (χ0n) is 11.1. The van der Waals surface area contributed by atoms with E-state index in [2.05, 4.69) is 20.3 Å². The van der Waals surface area contributed by atoms with Crippen molar-refractivity contribution in [3.63, 3.8) is 0 Å². The molecule has 1 aromatic rings. The summed E-state index contributed by atoms with van der Waals surface area (Å²) in [6.45, 7) is 6.12. The summed E-state index contributed by atoms with van der Waals surface area (Å²) in [5, 5.41) is 3.20. The van der Waals surface area contributed by atoms with E-state index >= 15 is 0 Å². The maximum atomic E-state index is 6.58. The Morgan fingerprint density at radius 3 is 2.33 bits per heavy atom. The Labute approximate surface area is 113 Å². The van der Waals surface area contributed by atoms with Gasteiger partial charge in [-0.05, 0) is 33.6 Å². The summed E-state index contributed by atoms with van der Waals surface area (Å²) >= 11 is 6.58. The number of nitrogens with one attached hydrogen (secondary N) is 1. The maximum Gasteiger partial charge on any atom is 0.228 e. The third-order valence-corrected chi connectivity index (χ3v) is 3.48. The van der Waals surface area contributed by atoms with Crippen LogP contribution in [0.25, 0.3) is 0 Å². The lowest BCUT2D eigenvalue weighted by molar-refractivity contribution is 0.580. The Morgan fingerprint density at radius 1 is 1.17 bits per heavy atom. The van der Waals surface area contributed by atoms with Gasteiger partial charge in [0.15, 0.2) is 5.82 Å². The minimum Gasteiger partial charge on any atom is -0.368 e. The Kier molecular flexibility index (Phi) is 3.36. The Hall–Kier alpha value is -1.10. The molecule has 18 heavy (non-hydrogen) atoms. The van der Waals surface area contributed by atoms with Crippen LogP contribution in [0, 0.1) is 0 Å². The van der Waals surface area contributed by atoms with Gasteiger partial charge in [-0.1, -0.05) is 12.8 Å². The van der Waals surface area contributed by atoms with E-state index in [1.165, 1.54) is 0 Å². The van der Waals surface area contributed by atoms with Crippen molar-refractivity contribution >= 4 is 23.5 Å². The van der Waals surface area contributed by atoms with Crippen molar-refractivity contribution in [2.45, 2.75) is 56.9 Å². The van der Waals surface area contributed by atoms with E-state index in [1.54, 1.807) is 0 Å². The average Bonchev–Trinajstić information content (AvgIpc) is 2.63. The number of hydrogen-bond donors (Lipinski definition) is 2. The van der Waals surface area contributed by atoms with Crippen LogP contribution in [-0.4, -0.2) is 20.5 Å². The predicted octanol–water partition coefficient (Wildman–Crippen LogP) is 2.67. The standard InChI is InChI=1S/C12H20ClN5/c1-11(2,3)18-10-16-8(15-9(14)17-10)12(13)6-4-5-7-12/h4-7H2,1-3H3,(H3,14,15,16,17,18). The van der Waals surface area contributed by atoms with Crippen molar-refractivity contribution in [3.8, 4) is 0 Å². The fraction of sp³-hybridized carbons (Fsp3) is 0.750. The molecule has 1 heterocycles. The molecule has 5 nitrogen and oxygen atoms in total. The lowest BCUT2D eigenvalue weighted by Crippen LogP contribution is -2.29. The summed E-state index contributed by atoms with van der Waals surface area (Å²) in [7, 11) is 0. The van der Waals surface area contributed by atoms with Gasteiger partial charge in [-0.3, -0.25) is 0 Å². The molecule has 0 spiro atoms. The van der Waals surface area contributed by atoms with Crippen LogP contribution in [-0.2, 0) is 4.87 Å². The Bertz CT molecular complexity index is 435. The number of nitrogen functional groups attached to an aromatic ring is 1. The van der Waals surface area contributed by atoms with Gasteiger partial charge in [-0.2, -0.15) is 15.0 Å². The summed E-state index contributed by atoms with van der Waals surface area (Å²) in [4.78, 5) is 12.3. The lowest BCUT2D eigenvalue weighted by Gasteiger charge is -2.23. The lowest BCUT2D eigenvalue weighted by atomic mass is 10.1. The molecule has 1 aromatic heterocycles. The second kappa shape index (κ2) is 4.53. The number of nitrogens with zero attached hydrogens (tertiary/aromatic N) is 3. The first-order chi connectivity index (χ1) is 8.28. The van der Waals surface area contributed by atoms with Crippen molar-refractivity contribution in [1.29, 1.82) is 0 Å². The highest BCUT2D eigenvalue weighted by Gasteiger charge is 2.37. The quantitative estimate of drug-likeness (QED) is 0.807. The molecule has 0 amide bonds. The summed E-state index contributed by atoms with van der Waals surface area (Å²) < 4.78 is 0. The molecular weight excluding hydrogens is 250 g/mol. The molecule has 0 radical (unpaired) electrons. The number of anilines is 2. The van der Waals surface area contributed by atoms with Crippen molar-refractivity contribution in [2.75, 3.05) is 11.1 Å². The number of aromatic nitrogens is 3. The number of halogens is 1. The molecule has 2 rings (SSSR count). The van der Waals surface area contributed by atoms with Crippen molar-refractivity contribution < 1.29 is 0 Å². The van der Waals surface area contributed by atoms with Gasteiger partial charge in [0, 0.05) is 5.54 Å². The molecule has 0 aliphatic heterocycles. The molecule has 0 bridgehead atoms. The molecule has 1 fully saturated rings. The van der Waals surface area contributed by atoms with Crippen LogP contribution in [0.4, 0.5) is 11.9 Å². The minimum atomic E-state index is -0.467. The van der Waals surface area contributed by atoms with Gasteiger partial charge in [0.05, 0.1) is 0 Å². The molecule has 0 atom stereocenters. The fourth-order valence-corrected chi connectivity index (χ4v) is 2.49. The SMILES string of the molecule is CC(C)(C)Nc1nc(N)nc(C2(Cl)CCCC2)n1. The van der Waals surface area contributed by atoms with Crippen LogP contribution in [0.15, 0.2) is 0 Å². The average molecular weight is 270 g/mol. The van der Waals surface area contributed by atoms with Crippen molar-refractivity contribution in [3.05, 3.63) is 5.82 Å². The molecule has 0 aromatic carbocycles. The summed E-state index contributed by atoms with van der Waals surface area (Å²) in [6, 6.07) is 0. The highest BCUT2D eigenvalue weighted by Crippen LogP contribution is 2.43. The predicted molar refractivity (Wildman–Crippen MR) is 73.6 cm³/mol. The molecule has 100 valence electrons. The normalized spacial score (nSPS) is 18.9. The second-order valence-corrected chi connectivity index (χ2v) is 6.61. The van der Waals surface area contributed by atoms with Gasteiger partial charge in [-0.25, -0.2) is 0 Å². The molecule has 3 N–H and O–H groups in total.